The lowest BCUT2D eigenvalue weighted by Crippen LogP contribution is -2.29. The topological polar surface area (TPSA) is 80.0 Å². The molecule has 0 unspecified atom stereocenters. The Morgan fingerprint density at radius 2 is 1.93 bits per heavy atom. The summed E-state index contributed by atoms with van der Waals surface area (Å²) in [5.74, 6) is -0.165. The van der Waals surface area contributed by atoms with E-state index in [0.29, 0.717) is 17.2 Å². The summed E-state index contributed by atoms with van der Waals surface area (Å²) in [6.45, 7) is 0. The van der Waals surface area contributed by atoms with Gasteiger partial charge in [-0.05, 0) is 43.9 Å². The number of aliphatic hydroxyl groups excluding tert-OH is 1. The first-order chi connectivity index (χ1) is 13.6. The van der Waals surface area contributed by atoms with Crippen LogP contribution in [0.15, 0.2) is 59.7 Å². The summed E-state index contributed by atoms with van der Waals surface area (Å²) in [6, 6.07) is 12.1. The van der Waals surface area contributed by atoms with E-state index in [9.17, 15) is 14.3 Å². The fourth-order valence-electron chi connectivity index (χ4n) is 3.49. The molecule has 1 aliphatic carbocycles. The molecule has 144 valence electrons. The molecule has 1 aliphatic rings. The lowest BCUT2D eigenvalue weighted by atomic mass is 9.93. The summed E-state index contributed by atoms with van der Waals surface area (Å²) in [6.07, 6.45) is 5.70. The number of benzene rings is 1. The van der Waals surface area contributed by atoms with E-state index in [1.165, 1.54) is 10.6 Å². The summed E-state index contributed by atoms with van der Waals surface area (Å²) >= 11 is 0. The predicted octanol–water partition coefficient (Wildman–Crippen LogP) is 3.15. The zero-order valence-corrected chi connectivity index (χ0v) is 15.3. The largest absolute Gasteiger partial charge is 0.393 e. The average molecular weight is 380 g/mol. The molecule has 1 aromatic carbocycles. The highest BCUT2D eigenvalue weighted by atomic mass is 19.1. The van der Waals surface area contributed by atoms with Gasteiger partial charge < -0.3 is 10.4 Å². The van der Waals surface area contributed by atoms with Crippen LogP contribution in [0.1, 0.15) is 25.7 Å². The van der Waals surface area contributed by atoms with Crippen molar-refractivity contribution < 1.29 is 9.50 Å². The highest BCUT2D eigenvalue weighted by Crippen LogP contribution is 2.25. The second-order valence-electron chi connectivity index (χ2n) is 7.00. The number of hydrogen-bond acceptors (Lipinski definition) is 5. The van der Waals surface area contributed by atoms with E-state index >= 15 is 0 Å². The van der Waals surface area contributed by atoms with Gasteiger partial charge in [0.05, 0.1) is 12.3 Å². The molecule has 4 rings (SSSR count). The van der Waals surface area contributed by atoms with Gasteiger partial charge in [-0.3, -0.25) is 9.36 Å². The summed E-state index contributed by atoms with van der Waals surface area (Å²) in [7, 11) is 0. The molecule has 6 nitrogen and oxygen atoms in total. The Balaban J connectivity index is 1.63. The van der Waals surface area contributed by atoms with Gasteiger partial charge in [-0.1, -0.05) is 18.2 Å². The molecule has 0 aliphatic heterocycles. The number of pyridine rings is 1. The molecule has 3 aromatic rings. The zero-order valence-electron chi connectivity index (χ0n) is 15.3. The minimum Gasteiger partial charge on any atom is -0.393 e. The first-order valence-electron chi connectivity index (χ1n) is 9.36. The molecular weight excluding hydrogens is 359 g/mol. The average Bonchev–Trinajstić information content (AvgIpc) is 2.71. The molecule has 0 atom stereocenters. The molecule has 1 fully saturated rings. The first kappa shape index (κ1) is 18.3. The van der Waals surface area contributed by atoms with Crippen molar-refractivity contribution in [2.45, 2.75) is 37.8 Å². The van der Waals surface area contributed by atoms with Gasteiger partial charge in [0.2, 0.25) is 5.95 Å². The van der Waals surface area contributed by atoms with E-state index in [2.05, 4.69) is 15.3 Å². The second kappa shape index (κ2) is 7.90. The third kappa shape index (κ3) is 3.94. The van der Waals surface area contributed by atoms with Crippen molar-refractivity contribution in [2.24, 2.45) is 0 Å². The van der Waals surface area contributed by atoms with Crippen molar-refractivity contribution in [3.63, 3.8) is 0 Å². The lowest BCUT2D eigenvalue weighted by molar-refractivity contribution is 0.126. The number of aliphatic hydroxyl groups is 1. The highest BCUT2D eigenvalue weighted by molar-refractivity contribution is 5.63. The van der Waals surface area contributed by atoms with Gasteiger partial charge >= 0.3 is 0 Å². The Labute approximate surface area is 161 Å². The van der Waals surface area contributed by atoms with Crippen LogP contribution in [0, 0.1) is 5.82 Å². The number of anilines is 1. The van der Waals surface area contributed by atoms with E-state index in [4.69, 9.17) is 0 Å². The third-order valence-electron chi connectivity index (χ3n) is 4.99. The fourth-order valence-corrected chi connectivity index (χ4v) is 3.49. The summed E-state index contributed by atoms with van der Waals surface area (Å²) < 4.78 is 15.9. The molecule has 1 saturated carbocycles. The number of nitrogens with one attached hydrogen (secondary N) is 1. The van der Waals surface area contributed by atoms with Crippen LogP contribution in [-0.4, -0.2) is 31.8 Å². The summed E-state index contributed by atoms with van der Waals surface area (Å²) in [5.41, 5.74) is 1.22. The molecule has 0 amide bonds. The molecule has 2 heterocycles. The van der Waals surface area contributed by atoms with Crippen LogP contribution in [0.3, 0.4) is 0 Å². The van der Waals surface area contributed by atoms with Crippen LogP contribution in [0.4, 0.5) is 10.3 Å². The highest BCUT2D eigenvalue weighted by Gasteiger charge is 2.20. The molecule has 0 radical (unpaired) electrons. The van der Waals surface area contributed by atoms with Crippen LogP contribution >= 0.6 is 0 Å². The molecule has 2 aromatic heterocycles. The van der Waals surface area contributed by atoms with Gasteiger partial charge in [0, 0.05) is 29.6 Å². The van der Waals surface area contributed by atoms with Crippen LogP contribution in [-0.2, 0) is 0 Å². The van der Waals surface area contributed by atoms with Gasteiger partial charge in [-0.25, -0.2) is 14.4 Å². The van der Waals surface area contributed by atoms with Gasteiger partial charge in [-0.15, -0.1) is 0 Å². The second-order valence-corrected chi connectivity index (χ2v) is 7.00. The van der Waals surface area contributed by atoms with Gasteiger partial charge in [0.1, 0.15) is 5.69 Å². The van der Waals surface area contributed by atoms with Crippen molar-refractivity contribution >= 4 is 5.95 Å². The Bertz CT molecular complexity index is 1030. The maximum absolute atomic E-state index is 14.4. The maximum Gasteiger partial charge on any atom is 0.255 e. The van der Waals surface area contributed by atoms with E-state index in [-0.39, 0.29) is 23.4 Å². The number of nitrogens with zero attached hydrogens (tertiary/aromatic N) is 3. The monoisotopic (exact) mass is 380 g/mol. The quantitative estimate of drug-likeness (QED) is 0.727. The van der Waals surface area contributed by atoms with Crippen molar-refractivity contribution in [3.8, 4) is 16.9 Å². The standard InChI is InChI=1S/C21H21FN4O2/c22-18-13-23-21(24-15-7-9-17(27)10-8-15)25-20(18)14-4-3-5-16(12-14)26-11-2-1-6-19(26)28/h1-6,11-13,15,17,27H,7-10H2,(H,23,24,25)/t15-,17-. The van der Waals surface area contributed by atoms with Crippen LogP contribution in [0.2, 0.25) is 0 Å². The Hall–Kier alpha value is -3.06. The number of rotatable bonds is 4. The van der Waals surface area contributed by atoms with Gasteiger partial charge in [0.25, 0.3) is 5.56 Å². The summed E-state index contributed by atoms with van der Waals surface area (Å²) in [4.78, 5) is 20.5. The normalized spacial score (nSPS) is 19.4. The van der Waals surface area contributed by atoms with E-state index < -0.39 is 5.82 Å². The molecule has 7 heteroatoms. The third-order valence-corrected chi connectivity index (χ3v) is 4.99. The molecule has 2 N–H and O–H groups in total. The molecule has 0 saturated heterocycles. The minimum absolute atomic E-state index is 0.162. The minimum atomic E-state index is -0.526. The maximum atomic E-state index is 14.4. The lowest BCUT2D eigenvalue weighted by Gasteiger charge is -2.26. The number of halogens is 1. The smallest absolute Gasteiger partial charge is 0.255 e. The number of hydrogen-bond donors (Lipinski definition) is 2. The Morgan fingerprint density at radius 3 is 2.71 bits per heavy atom. The van der Waals surface area contributed by atoms with Crippen molar-refractivity contribution in [2.75, 3.05) is 5.32 Å². The Kier molecular flexibility index (Phi) is 5.16. The van der Waals surface area contributed by atoms with Crippen LogP contribution < -0.4 is 10.9 Å². The number of aromatic nitrogens is 3. The SMILES string of the molecule is O=c1ccccn1-c1cccc(-c2nc(N[C@H]3CC[C@H](O)CC3)ncc2F)c1. The summed E-state index contributed by atoms with van der Waals surface area (Å²) in [5, 5.41) is 12.9. The Morgan fingerprint density at radius 1 is 1.11 bits per heavy atom. The van der Waals surface area contributed by atoms with E-state index in [1.807, 2.05) is 0 Å². The fraction of sp³-hybridized carbons (Fsp3) is 0.286. The molecule has 28 heavy (non-hydrogen) atoms. The predicted molar refractivity (Wildman–Crippen MR) is 105 cm³/mol. The van der Waals surface area contributed by atoms with Crippen molar-refractivity contribution in [1.29, 1.82) is 0 Å². The molecule has 0 spiro atoms. The van der Waals surface area contributed by atoms with Crippen LogP contribution in [0.25, 0.3) is 16.9 Å². The van der Waals surface area contributed by atoms with Crippen molar-refractivity contribution in [1.82, 2.24) is 14.5 Å². The first-order valence-corrected chi connectivity index (χ1v) is 9.36. The van der Waals surface area contributed by atoms with Gasteiger partial charge in [0.15, 0.2) is 5.82 Å². The van der Waals surface area contributed by atoms with Gasteiger partial charge in [-0.2, -0.15) is 0 Å². The molecule has 0 bridgehead atoms. The zero-order chi connectivity index (χ0) is 19.5. The van der Waals surface area contributed by atoms with Crippen molar-refractivity contribution in [3.05, 3.63) is 71.0 Å². The molecular formula is C21H21FN4O2. The van der Waals surface area contributed by atoms with E-state index in [1.54, 1.807) is 42.6 Å². The van der Waals surface area contributed by atoms with E-state index in [0.717, 1.165) is 31.9 Å². The van der Waals surface area contributed by atoms with Crippen LogP contribution in [0.5, 0.6) is 0 Å².